The summed E-state index contributed by atoms with van der Waals surface area (Å²) < 4.78 is 34.0. The second kappa shape index (κ2) is 7.44. The highest BCUT2D eigenvalue weighted by Crippen LogP contribution is 2.25. The molecular weight excluding hydrogens is 398 g/mol. The van der Waals surface area contributed by atoms with Crippen LogP contribution in [0, 0.1) is 0 Å². The van der Waals surface area contributed by atoms with Gasteiger partial charge in [0.15, 0.2) is 0 Å². The monoisotopic (exact) mass is 415 g/mol. The molecule has 2 heterocycles. The van der Waals surface area contributed by atoms with Crippen LogP contribution in [0.3, 0.4) is 0 Å². The summed E-state index contributed by atoms with van der Waals surface area (Å²) in [5.41, 5.74) is 0. The van der Waals surface area contributed by atoms with Crippen LogP contribution in [-0.4, -0.2) is 32.0 Å². The van der Waals surface area contributed by atoms with Crippen LogP contribution in [0.15, 0.2) is 51.1 Å². The van der Waals surface area contributed by atoms with Crippen molar-refractivity contribution in [2.45, 2.75) is 30.4 Å². The van der Waals surface area contributed by atoms with E-state index in [1.807, 2.05) is 23.6 Å². The third-order valence-corrected chi connectivity index (χ3v) is 6.94. The highest BCUT2D eigenvalue weighted by Gasteiger charge is 2.29. The lowest BCUT2D eigenvalue weighted by Gasteiger charge is -2.24. The van der Waals surface area contributed by atoms with E-state index in [-0.39, 0.29) is 6.10 Å². The smallest absolute Gasteiger partial charge is 0.243 e. The first-order valence-corrected chi connectivity index (χ1v) is 10.6. The number of hydrogen-bond donors (Lipinski definition) is 0. The molecule has 0 unspecified atom stereocenters. The Morgan fingerprint density at radius 1 is 1.30 bits per heavy atom. The fourth-order valence-corrected chi connectivity index (χ4v) is 5.46. The number of halogens is 1. The largest absolute Gasteiger partial charge is 0.377 e. The molecular formula is C16H18BrNO3S2. The van der Waals surface area contributed by atoms with Crippen LogP contribution in [-0.2, 0) is 21.3 Å². The normalized spacial score (nSPS) is 18.6. The van der Waals surface area contributed by atoms with Crippen LogP contribution in [0.1, 0.15) is 17.7 Å². The molecule has 0 radical (unpaired) electrons. The number of sulfonamides is 1. The molecule has 3 rings (SSSR count). The Hall–Kier alpha value is -0.730. The van der Waals surface area contributed by atoms with Gasteiger partial charge in [-0.3, -0.25) is 0 Å². The minimum absolute atomic E-state index is 0.0168. The van der Waals surface area contributed by atoms with Gasteiger partial charge in [-0.2, -0.15) is 4.31 Å². The molecule has 4 nitrogen and oxygen atoms in total. The summed E-state index contributed by atoms with van der Waals surface area (Å²) in [5.74, 6) is 0. The van der Waals surface area contributed by atoms with Crippen LogP contribution in [0.4, 0.5) is 0 Å². The molecule has 0 spiro atoms. The summed E-state index contributed by atoms with van der Waals surface area (Å²) in [6.45, 7) is 1.49. The Balaban J connectivity index is 1.88. The predicted molar refractivity (Wildman–Crippen MR) is 95.0 cm³/mol. The number of nitrogens with zero attached hydrogens (tertiary/aromatic N) is 1. The Labute approximate surface area is 149 Å². The van der Waals surface area contributed by atoms with Gasteiger partial charge < -0.3 is 4.74 Å². The number of rotatable bonds is 6. The topological polar surface area (TPSA) is 46.6 Å². The summed E-state index contributed by atoms with van der Waals surface area (Å²) in [4.78, 5) is 1.34. The van der Waals surface area contributed by atoms with Gasteiger partial charge in [-0.25, -0.2) is 8.42 Å². The van der Waals surface area contributed by atoms with Crippen molar-refractivity contribution >= 4 is 37.3 Å². The maximum atomic E-state index is 13.1. The van der Waals surface area contributed by atoms with E-state index in [1.165, 1.54) is 4.31 Å². The van der Waals surface area contributed by atoms with Gasteiger partial charge in [-0.15, -0.1) is 11.3 Å². The van der Waals surface area contributed by atoms with Gasteiger partial charge in [0.25, 0.3) is 0 Å². The molecule has 1 saturated heterocycles. The molecule has 1 aliphatic heterocycles. The van der Waals surface area contributed by atoms with Gasteiger partial charge in [-0.1, -0.05) is 28.1 Å². The average Bonchev–Trinajstić information content (AvgIpc) is 3.20. The minimum atomic E-state index is -3.56. The molecule has 23 heavy (non-hydrogen) atoms. The van der Waals surface area contributed by atoms with Crippen LogP contribution < -0.4 is 0 Å². The second-order valence-electron chi connectivity index (χ2n) is 5.47. The van der Waals surface area contributed by atoms with Crippen molar-refractivity contribution in [1.82, 2.24) is 4.31 Å². The summed E-state index contributed by atoms with van der Waals surface area (Å²) in [6.07, 6.45) is 1.89. The standard InChI is InChI=1S/C16H18BrNO3S2/c17-13-4-1-7-16(10-13)23(19,20)18(11-14-5-2-8-21-14)12-15-6-3-9-22-15/h1,3-4,6-7,9-10,14H,2,5,8,11-12H2/t14-/m0/s1. The minimum Gasteiger partial charge on any atom is -0.377 e. The van der Waals surface area contributed by atoms with E-state index >= 15 is 0 Å². The fraction of sp³-hybridized carbons (Fsp3) is 0.375. The summed E-state index contributed by atoms with van der Waals surface area (Å²) >= 11 is 4.91. The molecule has 1 aromatic heterocycles. The fourth-order valence-electron chi connectivity index (χ4n) is 2.62. The maximum absolute atomic E-state index is 13.1. The lowest BCUT2D eigenvalue weighted by atomic mass is 10.2. The van der Waals surface area contributed by atoms with Gasteiger partial charge in [-0.05, 0) is 42.5 Å². The highest BCUT2D eigenvalue weighted by atomic mass is 79.9. The van der Waals surface area contributed by atoms with Crippen molar-refractivity contribution in [3.63, 3.8) is 0 Å². The third kappa shape index (κ3) is 4.22. The SMILES string of the molecule is O=S(=O)(c1cccc(Br)c1)N(Cc1cccs1)C[C@@H]1CCCO1. The summed E-state index contributed by atoms with van der Waals surface area (Å²) in [5, 5.41) is 1.96. The molecule has 1 aliphatic rings. The van der Waals surface area contributed by atoms with Gasteiger partial charge in [0, 0.05) is 29.0 Å². The van der Waals surface area contributed by atoms with Gasteiger partial charge >= 0.3 is 0 Å². The second-order valence-corrected chi connectivity index (χ2v) is 9.36. The summed E-state index contributed by atoms with van der Waals surface area (Å²) in [7, 11) is -3.56. The van der Waals surface area contributed by atoms with Crippen molar-refractivity contribution < 1.29 is 13.2 Å². The molecule has 0 saturated carbocycles. The van der Waals surface area contributed by atoms with Crippen molar-refractivity contribution in [3.8, 4) is 0 Å². The third-order valence-electron chi connectivity index (χ3n) is 3.78. The zero-order valence-electron chi connectivity index (χ0n) is 12.5. The predicted octanol–water partition coefficient (Wildman–Crippen LogP) is 3.88. The number of ether oxygens (including phenoxy) is 1. The maximum Gasteiger partial charge on any atom is 0.243 e. The van der Waals surface area contributed by atoms with Crippen molar-refractivity contribution in [2.24, 2.45) is 0 Å². The molecule has 124 valence electrons. The van der Waals surface area contributed by atoms with E-state index in [0.29, 0.717) is 24.6 Å². The van der Waals surface area contributed by atoms with E-state index in [9.17, 15) is 8.42 Å². The molecule has 0 amide bonds. The first kappa shape index (κ1) is 17.1. The average molecular weight is 416 g/mol. The highest BCUT2D eigenvalue weighted by molar-refractivity contribution is 9.10. The number of benzene rings is 1. The first-order chi connectivity index (χ1) is 11.1. The van der Waals surface area contributed by atoms with Gasteiger partial charge in [0.1, 0.15) is 0 Å². The van der Waals surface area contributed by atoms with Crippen molar-refractivity contribution in [3.05, 3.63) is 51.1 Å². The van der Waals surface area contributed by atoms with E-state index in [0.717, 1.165) is 22.2 Å². The van der Waals surface area contributed by atoms with E-state index in [2.05, 4.69) is 15.9 Å². The lowest BCUT2D eigenvalue weighted by Crippen LogP contribution is -2.36. The molecule has 7 heteroatoms. The first-order valence-electron chi connectivity index (χ1n) is 7.45. The summed E-state index contributed by atoms with van der Waals surface area (Å²) in [6, 6.07) is 10.7. The molecule has 1 atom stereocenters. The van der Waals surface area contributed by atoms with E-state index in [1.54, 1.807) is 29.5 Å². The number of hydrogen-bond acceptors (Lipinski definition) is 4. The molecule has 2 aromatic rings. The van der Waals surface area contributed by atoms with E-state index < -0.39 is 10.0 Å². The Kier molecular flexibility index (Phi) is 5.53. The van der Waals surface area contributed by atoms with Crippen molar-refractivity contribution in [2.75, 3.05) is 13.2 Å². The Bertz CT molecular complexity index is 740. The molecule has 0 N–H and O–H groups in total. The Morgan fingerprint density at radius 3 is 2.83 bits per heavy atom. The molecule has 1 aromatic carbocycles. The van der Waals surface area contributed by atoms with Crippen LogP contribution in [0.5, 0.6) is 0 Å². The van der Waals surface area contributed by atoms with Gasteiger partial charge in [0.2, 0.25) is 10.0 Å². The molecule has 1 fully saturated rings. The molecule has 0 aliphatic carbocycles. The lowest BCUT2D eigenvalue weighted by molar-refractivity contribution is 0.0927. The molecule has 0 bridgehead atoms. The van der Waals surface area contributed by atoms with Crippen LogP contribution >= 0.6 is 27.3 Å². The van der Waals surface area contributed by atoms with E-state index in [4.69, 9.17) is 4.74 Å². The quantitative estimate of drug-likeness (QED) is 0.718. The van der Waals surface area contributed by atoms with Crippen LogP contribution in [0.25, 0.3) is 0 Å². The Morgan fingerprint density at radius 2 is 2.17 bits per heavy atom. The van der Waals surface area contributed by atoms with Crippen molar-refractivity contribution in [1.29, 1.82) is 0 Å². The van der Waals surface area contributed by atoms with Gasteiger partial charge in [0.05, 0.1) is 11.0 Å². The zero-order chi connectivity index (χ0) is 16.3. The van der Waals surface area contributed by atoms with Crippen LogP contribution in [0.2, 0.25) is 0 Å². The number of thiophene rings is 1. The zero-order valence-corrected chi connectivity index (χ0v) is 15.7.